The Morgan fingerprint density at radius 2 is 1.69 bits per heavy atom. The van der Waals surface area contributed by atoms with Gasteiger partial charge in [0.2, 0.25) is 6.79 Å². The van der Waals surface area contributed by atoms with Crippen molar-refractivity contribution in [3.8, 4) is 17.2 Å². The number of pyridine rings is 1. The highest BCUT2D eigenvalue weighted by Gasteiger charge is 2.34. The number of aromatic hydroxyl groups is 1. The molecule has 2 aromatic heterocycles. The fourth-order valence-electron chi connectivity index (χ4n) is 6.18. The molecule has 3 aliphatic rings. The Kier molecular flexibility index (Phi) is 6.07. The molecule has 4 heterocycles. The molecule has 2 aliphatic heterocycles. The molecule has 2 aromatic carbocycles. The Bertz CT molecular complexity index is 1540. The molecular formula is C28H31N7O4. The molecule has 0 amide bonds. The normalized spacial score (nSPS) is 19.0. The van der Waals surface area contributed by atoms with Crippen molar-refractivity contribution in [3.63, 3.8) is 0 Å². The second kappa shape index (κ2) is 9.88. The minimum absolute atomic E-state index is 0.162. The van der Waals surface area contributed by atoms with E-state index in [1.54, 1.807) is 12.1 Å². The van der Waals surface area contributed by atoms with Gasteiger partial charge in [-0.15, -0.1) is 5.10 Å². The molecule has 11 nitrogen and oxygen atoms in total. The number of phenols is 1. The number of aromatic amines is 1. The monoisotopic (exact) mass is 529 g/mol. The van der Waals surface area contributed by atoms with Crippen molar-refractivity contribution in [3.05, 3.63) is 64.2 Å². The van der Waals surface area contributed by atoms with E-state index in [0.717, 1.165) is 62.9 Å². The van der Waals surface area contributed by atoms with Gasteiger partial charge in [0.25, 0.3) is 5.56 Å². The van der Waals surface area contributed by atoms with Crippen molar-refractivity contribution < 1.29 is 14.6 Å². The van der Waals surface area contributed by atoms with E-state index in [1.807, 2.05) is 35.0 Å². The van der Waals surface area contributed by atoms with Gasteiger partial charge < -0.3 is 24.5 Å². The number of piperazine rings is 1. The minimum atomic E-state index is -0.400. The summed E-state index contributed by atoms with van der Waals surface area (Å²) < 4.78 is 13.1. The molecular weight excluding hydrogens is 498 g/mol. The van der Waals surface area contributed by atoms with Crippen LogP contribution in [0.25, 0.3) is 10.9 Å². The van der Waals surface area contributed by atoms with Crippen molar-refractivity contribution in [1.82, 2.24) is 30.1 Å². The average molecular weight is 530 g/mol. The van der Waals surface area contributed by atoms with Gasteiger partial charge in [0.1, 0.15) is 11.8 Å². The second-order valence-electron chi connectivity index (χ2n) is 10.6. The fourth-order valence-corrected chi connectivity index (χ4v) is 6.18. The van der Waals surface area contributed by atoms with Crippen LogP contribution in [0.3, 0.4) is 0 Å². The van der Waals surface area contributed by atoms with Gasteiger partial charge in [0, 0.05) is 48.9 Å². The van der Waals surface area contributed by atoms with E-state index in [1.165, 1.54) is 6.42 Å². The van der Waals surface area contributed by atoms with Crippen molar-refractivity contribution in [2.45, 2.75) is 44.2 Å². The molecule has 1 saturated heterocycles. The standard InChI is InChI=1S/C28H31N7O4/c36-21-8-6-19(7-9-21)33-10-12-34(13-11-33)26(27-30-31-32-35(27)20-4-2-1-3-5-20)22-14-18-15-24-25(39-17-38-24)16-23(18)29-28(22)37/h6-9,14-16,20,26,36H,1-5,10-13,17H2,(H,29,37)/t26-/m0/s1. The van der Waals surface area contributed by atoms with E-state index in [0.29, 0.717) is 28.4 Å². The number of benzene rings is 2. The number of rotatable bonds is 5. The molecule has 2 N–H and O–H groups in total. The van der Waals surface area contributed by atoms with Crippen LogP contribution in [0.4, 0.5) is 5.69 Å². The smallest absolute Gasteiger partial charge is 0.253 e. The summed E-state index contributed by atoms with van der Waals surface area (Å²) in [6.45, 7) is 3.17. The summed E-state index contributed by atoms with van der Waals surface area (Å²) in [6, 6.07) is 12.8. The van der Waals surface area contributed by atoms with Crippen molar-refractivity contribution in [2.75, 3.05) is 37.9 Å². The number of anilines is 1. The first-order valence-corrected chi connectivity index (χ1v) is 13.7. The first-order chi connectivity index (χ1) is 19.1. The number of H-pyrrole nitrogens is 1. The van der Waals surface area contributed by atoms with E-state index in [2.05, 4.69) is 30.3 Å². The molecule has 7 rings (SSSR count). The van der Waals surface area contributed by atoms with Gasteiger partial charge in [-0.1, -0.05) is 19.3 Å². The molecule has 202 valence electrons. The predicted octanol–water partition coefficient (Wildman–Crippen LogP) is 3.37. The highest BCUT2D eigenvalue weighted by molar-refractivity contribution is 5.83. The van der Waals surface area contributed by atoms with E-state index < -0.39 is 6.04 Å². The third-order valence-corrected chi connectivity index (χ3v) is 8.24. The number of nitrogens with zero attached hydrogens (tertiary/aromatic N) is 6. The van der Waals surface area contributed by atoms with Gasteiger partial charge in [-0.25, -0.2) is 4.68 Å². The molecule has 0 spiro atoms. The van der Waals surface area contributed by atoms with Crippen LogP contribution in [0.1, 0.15) is 55.6 Å². The quantitative estimate of drug-likeness (QED) is 0.401. The third kappa shape index (κ3) is 4.46. The lowest BCUT2D eigenvalue weighted by atomic mass is 9.95. The van der Waals surface area contributed by atoms with Crippen LogP contribution >= 0.6 is 0 Å². The van der Waals surface area contributed by atoms with Crippen molar-refractivity contribution >= 4 is 16.6 Å². The molecule has 0 bridgehead atoms. The first-order valence-electron chi connectivity index (χ1n) is 13.7. The van der Waals surface area contributed by atoms with Crippen molar-refractivity contribution in [1.29, 1.82) is 0 Å². The zero-order valence-electron chi connectivity index (χ0n) is 21.6. The van der Waals surface area contributed by atoms with Gasteiger partial charge >= 0.3 is 0 Å². The molecule has 11 heteroatoms. The minimum Gasteiger partial charge on any atom is -0.508 e. The van der Waals surface area contributed by atoms with Gasteiger partial charge in [0.15, 0.2) is 17.3 Å². The number of tetrazole rings is 1. The second-order valence-corrected chi connectivity index (χ2v) is 10.6. The van der Waals surface area contributed by atoms with E-state index in [-0.39, 0.29) is 24.1 Å². The van der Waals surface area contributed by atoms with Gasteiger partial charge in [0.05, 0.1) is 11.6 Å². The lowest BCUT2D eigenvalue weighted by molar-refractivity contribution is 0.174. The number of phenolic OH excluding ortho intramolecular Hbond substituents is 1. The van der Waals surface area contributed by atoms with Crippen LogP contribution in [0.15, 0.2) is 47.3 Å². The van der Waals surface area contributed by atoms with Crippen LogP contribution in [0.5, 0.6) is 17.2 Å². The number of ether oxygens (including phenoxy) is 2. The van der Waals surface area contributed by atoms with Gasteiger partial charge in [-0.3, -0.25) is 9.69 Å². The first kappa shape index (κ1) is 24.0. The van der Waals surface area contributed by atoms with Crippen LogP contribution in [-0.2, 0) is 0 Å². The Hall–Kier alpha value is -4.12. The molecule has 0 radical (unpaired) electrons. The summed E-state index contributed by atoms with van der Waals surface area (Å²) in [5.74, 6) is 2.27. The highest BCUT2D eigenvalue weighted by atomic mass is 16.7. The number of hydrogen-bond donors (Lipinski definition) is 2. The zero-order chi connectivity index (χ0) is 26.3. The van der Waals surface area contributed by atoms with E-state index in [4.69, 9.17) is 9.47 Å². The maximum atomic E-state index is 13.7. The Morgan fingerprint density at radius 3 is 2.46 bits per heavy atom. The topological polar surface area (TPSA) is 122 Å². The maximum absolute atomic E-state index is 13.7. The van der Waals surface area contributed by atoms with Crippen LogP contribution in [0.2, 0.25) is 0 Å². The number of fused-ring (bicyclic) bond motifs is 2. The summed E-state index contributed by atoms with van der Waals surface area (Å²) in [7, 11) is 0. The maximum Gasteiger partial charge on any atom is 0.253 e. The van der Waals surface area contributed by atoms with Gasteiger partial charge in [-0.2, -0.15) is 0 Å². The zero-order valence-corrected chi connectivity index (χ0v) is 21.6. The van der Waals surface area contributed by atoms with E-state index >= 15 is 0 Å². The summed E-state index contributed by atoms with van der Waals surface area (Å²) in [5.41, 5.74) is 2.23. The molecule has 1 atom stereocenters. The molecule has 1 saturated carbocycles. The lowest BCUT2D eigenvalue weighted by Crippen LogP contribution is -2.49. The molecule has 39 heavy (non-hydrogen) atoms. The Balaban J connectivity index is 1.27. The average Bonchev–Trinajstić information content (AvgIpc) is 3.63. The van der Waals surface area contributed by atoms with Crippen molar-refractivity contribution in [2.24, 2.45) is 0 Å². The van der Waals surface area contributed by atoms with E-state index in [9.17, 15) is 9.90 Å². The SMILES string of the molecule is O=c1[nH]c2cc3c(cc2cc1[C@@H](c1nnnn1C1CCCCC1)N1CCN(c2ccc(O)cc2)CC1)OCO3. The highest BCUT2D eigenvalue weighted by Crippen LogP contribution is 2.37. The van der Waals surface area contributed by atoms with Crippen LogP contribution in [0, 0.1) is 0 Å². The van der Waals surface area contributed by atoms with Crippen LogP contribution < -0.4 is 19.9 Å². The number of aromatic nitrogens is 5. The predicted molar refractivity (Wildman–Crippen MR) is 144 cm³/mol. The summed E-state index contributed by atoms with van der Waals surface area (Å²) >= 11 is 0. The summed E-state index contributed by atoms with van der Waals surface area (Å²) in [4.78, 5) is 21.3. The number of hydrogen-bond acceptors (Lipinski definition) is 9. The largest absolute Gasteiger partial charge is 0.508 e. The van der Waals surface area contributed by atoms with Gasteiger partial charge in [-0.05, 0) is 59.7 Å². The number of nitrogens with one attached hydrogen (secondary N) is 1. The summed E-state index contributed by atoms with van der Waals surface area (Å²) in [6.07, 6.45) is 5.62. The summed E-state index contributed by atoms with van der Waals surface area (Å²) in [5, 5.41) is 23.6. The molecule has 2 fully saturated rings. The Labute approximate surface area is 224 Å². The lowest BCUT2D eigenvalue weighted by Gasteiger charge is -2.40. The fraction of sp³-hybridized carbons (Fsp3) is 0.429. The molecule has 1 aliphatic carbocycles. The molecule has 0 unspecified atom stereocenters. The molecule has 4 aromatic rings. The third-order valence-electron chi connectivity index (χ3n) is 8.24. The Morgan fingerprint density at radius 1 is 0.949 bits per heavy atom. The van der Waals surface area contributed by atoms with Crippen LogP contribution in [-0.4, -0.2) is 68.2 Å².